The molecule has 4 rings (SSSR count). The highest BCUT2D eigenvalue weighted by Crippen LogP contribution is 2.34. The zero-order chi connectivity index (χ0) is 16.4. The lowest BCUT2D eigenvalue weighted by Crippen LogP contribution is -2.02. The van der Waals surface area contributed by atoms with Crippen molar-refractivity contribution in [1.29, 1.82) is 0 Å². The Kier molecular flexibility index (Phi) is 3.59. The Labute approximate surface area is 138 Å². The molecule has 120 valence electrons. The first-order valence-corrected chi connectivity index (χ1v) is 7.46. The summed E-state index contributed by atoms with van der Waals surface area (Å²) < 4.78 is 10.7. The lowest BCUT2D eigenvalue weighted by molar-refractivity contribution is 0.174. The summed E-state index contributed by atoms with van der Waals surface area (Å²) in [5, 5.41) is 14.3. The van der Waals surface area contributed by atoms with Crippen molar-refractivity contribution < 1.29 is 9.47 Å². The van der Waals surface area contributed by atoms with E-state index in [1.54, 1.807) is 6.20 Å². The third-order valence-electron chi connectivity index (χ3n) is 3.51. The number of rotatable bonds is 4. The highest BCUT2D eigenvalue weighted by molar-refractivity contribution is 5.62. The van der Waals surface area contributed by atoms with Crippen LogP contribution in [0.1, 0.15) is 5.56 Å². The molecule has 0 fully saturated rings. The van der Waals surface area contributed by atoms with Gasteiger partial charge in [0.05, 0.1) is 6.20 Å². The number of hydrogen-bond donors (Lipinski definition) is 2. The molecule has 2 N–H and O–H groups in total. The van der Waals surface area contributed by atoms with E-state index in [2.05, 4.69) is 25.8 Å². The molecule has 7 heteroatoms. The molecule has 3 aromatic rings. The number of nitrogens with zero attached hydrogens (tertiary/aromatic N) is 3. The van der Waals surface area contributed by atoms with Crippen LogP contribution in [-0.4, -0.2) is 22.0 Å². The van der Waals surface area contributed by atoms with E-state index in [1.165, 1.54) is 5.56 Å². The molecule has 1 aliphatic heterocycles. The predicted octanol–water partition coefficient (Wildman–Crippen LogP) is 3.40. The SMILES string of the molecule is Cc1ccc(Nc2cnnc(Nc3ccc4c(c3)OCO4)n2)cc1. The molecule has 0 amide bonds. The Morgan fingerprint density at radius 2 is 1.71 bits per heavy atom. The van der Waals surface area contributed by atoms with Crippen molar-refractivity contribution in [2.45, 2.75) is 6.92 Å². The molecule has 1 aromatic heterocycles. The predicted molar refractivity (Wildman–Crippen MR) is 90.1 cm³/mol. The minimum Gasteiger partial charge on any atom is -0.454 e. The number of aromatic nitrogens is 3. The van der Waals surface area contributed by atoms with E-state index < -0.39 is 0 Å². The largest absolute Gasteiger partial charge is 0.454 e. The molecule has 24 heavy (non-hydrogen) atoms. The van der Waals surface area contributed by atoms with Gasteiger partial charge < -0.3 is 20.1 Å². The van der Waals surface area contributed by atoms with E-state index in [-0.39, 0.29) is 6.79 Å². The first-order valence-electron chi connectivity index (χ1n) is 7.46. The van der Waals surface area contributed by atoms with Gasteiger partial charge in [0.1, 0.15) is 0 Å². The number of anilines is 4. The van der Waals surface area contributed by atoms with E-state index in [9.17, 15) is 0 Å². The van der Waals surface area contributed by atoms with E-state index in [1.807, 2.05) is 49.4 Å². The van der Waals surface area contributed by atoms with Crippen molar-refractivity contribution in [3.63, 3.8) is 0 Å². The molecular formula is C17H15N5O2. The van der Waals surface area contributed by atoms with Crippen LogP contribution < -0.4 is 20.1 Å². The zero-order valence-corrected chi connectivity index (χ0v) is 13.0. The number of nitrogens with one attached hydrogen (secondary N) is 2. The first-order chi connectivity index (χ1) is 11.8. The van der Waals surface area contributed by atoms with Gasteiger partial charge in [-0.15, -0.1) is 5.10 Å². The molecular weight excluding hydrogens is 306 g/mol. The summed E-state index contributed by atoms with van der Waals surface area (Å²) in [5.41, 5.74) is 2.94. The van der Waals surface area contributed by atoms with Crippen LogP contribution in [0.15, 0.2) is 48.7 Å². The van der Waals surface area contributed by atoms with Crippen LogP contribution in [0.25, 0.3) is 0 Å². The number of hydrogen-bond acceptors (Lipinski definition) is 7. The first kappa shape index (κ1) is 14.3. The summed E-state index contributed by atoms with van der Waals surface area (Å²) in [6.07, 6.45) is 1.57. The molecule has 0 aliphatic carbocycles. The second-order valence-corrected chi connectivity index (χ2v) is 5.35. The molecule has 0 saturated carbocycles. The highest BCUT2D eigenvalue weighted by Gasteiger charge is 2.13. The fraction of sp³-hybridized carbons (Fsp3) is 0.118. The summed E-state index contributed by atoms with van der Waals surface area (Å²) in [7, 11) is 0. The molecule has 0 radical (unpaired) electrons. The smallest absolute Gasteiger partial charge is 0.249 e. The van der Waals surface area contributed by atoms with Gasteiger partial charge in [-0.1, -0.05) is 17.7 Å². The normalized spacial score (nSPS) is 12.0. The minimum atomic E-state index is 0.243. The number of benzene rings is 2. The van der Waals surface area contributed by atoms with Crippen LogP contribution in [0.4, 0.5) is 23.1 Å². The van der Waals surface area contributed by atoms with Crippen molar-refractivity contribution in [3.8, 4) is 11.5 Å². The highest BCUT2D eigenvalue weighted by atomic mass is 16.7. The standard InChI is InChI=1S/C17H15N5O2/c1-11-2-4-12(5-3-11)19-16-9-18-22-17(21-16)20-13-6-7-14-15(8-13)24-10-23-14/h2-9H,10H2,1H3,(H2,19,20,21,22). The lowest BCUT2D eigenvalue weighted by Gasteiger charge is -2.08. The van der Waals surface area contributed by atoms with Crippen molar-refractivity contribution in [1.82, 2.24) is 15.2 Å². The Morgan fingerprint density at radius 3 is 2.58 bits per heavy atom. The van der Waals surface area contributed by atoms with Crippen molar-refractivity contribution in [3.05, 3.63) is 54.2 Å². The fourth-order valence-electron chi connectivity index (χ4n) is 2.30. The fourth-order valence-corrected chi connectivity index (χ4v) is 2.30. The monoisotopic (exact) mass is 321 g/mol. The van der Waals surface area contributed by atoms with Crippen LogP contribution in [0.3, 0.4) is 0 Å². The van der Waals surface area contributed by atoms with Crippen molar-refractivity contribution in [2.24, 2.45) is 0 Å². The minimum absolute atomic E-state index is 0.243. The molecule has 2 aromatic carbocycles. The van der Waals surface area contributed by atoms with Gasteiger partial charge >= 0.3 is 0 Å². The summed E-state index contributed by atoms with van der Waals surface area (Å²) >= 11 is 0. The van der Waals surface area contributed by atoms with Gasteiger partial charge in [0.25, 0.3) is 0 Å². The van der Waals surface area contributed by atoms with Crippen molar-refractivity contribution in [2.75, 3.05) is 17.4 Å². The quantitative estimate of drug-likeness (QED) is 0.762. The van der Waals surface area contributed by atoms with Crippen molar-refractivity contribution >= 4 is 23.1 Å². The summed E-state index contributed by atoms with van der Waals surface area (Å²) in [6, 6.07) is 13.6. The Hall–Kier alpha value is -3.35. The van der Waals surface area contributed by atoms with E-state index in [0.717, 1.165) is 17.1 Å². The van der Waals surface area contributed by atoms with E-state index in [0.29, 0.717) is 17.5 Å². The van der Waals surface area contributed by atoms with E-state index in [4.69, 9.17) is 9.47 Å². The second kappa shape index (κ2) is 6.04. The topological polar surface area (TPSA) is 81.2 Å². The average Bonchev–Trinajstić information content (AvgIpc) is 3.05. The van der Waals surface area contributed by atoms with E-state index >= 15 is 0 Å². The molecule has 0 spiro atoms. The van der Waals surface area contributed by atoms with Gasteiger partial charge in [0, 0.05) is 17.4 Å². The van der Waals surface area contributed by atoms with Crippen LogP contribution in [0, 0.1) is 6.92 Å². The number of aryl methyl sites for hydroxylation is 1. The summed E-state index contributed by atoms with van der Waals surface area (Å²) in [6.45, 7) is 2.29. The van der Waals surface area contributed by atoms with Crippen LogP contribution >= 0.6 is 0 Å². The molecule has 0 atom stereocenters. The third-order valence-corrected chi connectivity index (χ3v) is 3.51. The maximum Gasteiger partial charge on any atom is 0.249 e. The lowest BCUT2D eigenvalue weighted by atomic mass is 10.2. The van der Waals surface area contributed by atoms with Gasteiger partial charge in [-0.05, 0) is 31.2 Å². The maximum absolute atomic E-state index is 5.36. The van der Waals surface area contributed by atoms with Gasteiger partial charge in [0.15, 0.2) is 17.3 Å². The zero-order valence-electron chi connectivity index (χ0n) is 13.0. The number of fused-ring (bicyclic) bond motifs is 1. The third kappa shape index (κ3) is 3.05. The Morgan fingerprint density at radius 1 is 0.917 bits per heavy atom. The molecule has 0 unspecified atom stereocenters. The average molecular weight is 321 g/mol. The Balaban J connectivity index is 1.51. The summed E-state index contributed by atoms with van der Waals surface area (Å²) in [4.78, 5) is 4.41. The summed E-state index contributed by atoms with van der Waals surface area (Å²) in [5.74, 6) is 2.43. The van der Waals surface area contributed by atoms with Gasteiger partial charge in [-0.3, -0.25) is 0 Å². The molecule has 0 saturated heterocycles. The maximum atomic E-state index is 5.36. The van der Waals surface area contributed by atoms with Crippen LogP contribution in [0.5, 0.6) is 11.5 Å². The second-order valence-electron chi connectivity index (χ2n) is 5.35. The molecule has 0 bridgehead atoms. The molecule has 2 heterocycles. The van der Waals surface area contributed by atoms with Crippen LogP contribution in [0.2, 0.25) is 0 Å². The van der Waals surface area contributed by atoms with Gasteiger partial charge in [-0.2, -0.15) is 10.1 Å². The Bertz CT molecular complexity index is 867. The molecule has 1 aliphatic rings. The number of ether oxygens (including phenoxy) is 2. The van der Waals surface area contributed by atoms with Gasteiger partial charge in [0.2, 0.25) is 12.7 Å². The van der Waals surface area contributed by atoms with Gasteiger partial charge in [-0.25, -0.2) is 0 Å². The molecule has 7 nitrogen and oxygen atoms in total. The van der Waals surface area contributed by atoms with Crippen LogP contribution in [-0.2, 0) is 0 Å².